The largest absolute Gasteiger partial charge is 0.461 e. The maximum atomic E-state index is 12.4. The Kier molecular flexibility index (Phi) is 4.02. The van der Waals surface area contributed by atoms with Crippen LogP contribution in [0, 0.1) is 0 Å². The van der Waals surface area contributed by atoms with E-state index >= 15 is 0 Å². The van der Waals surface area contributed by atoms with Crippen LogP contribution in [0.25, 0.3) is 11.5 Å². The zero-order chi connectivity index (χ0) is 16.3. The molecule has 1 aromatic carbocycles. The van der Waals surface area contributed by atoms with Gasteiger partial charge in [-0.3, -0.25) is 4.79 Å². The van der Waals surface area contributed by atoms with Crippen molar-refractivity contribution < 1.29 is 18.5 Å². The molecular formula is C18H17NO4. The second-order valence-electron chi connectivity index (χ2n) is 5.73. The first kappa shape index (κ1) is 15.1. The lowest BCUT2D eigenvalue weighted by Gasteiger charge is -2.22. The average molecular weight is 311 g/mol. The molecule has 0 N–H and O–H groups in total. The molecule has 0 fully saturated rings. The molecular weight excluding hydrogens is 294 g/mol. The smallest absolute Gasteiger partial charge is 0.316 e. The summed E-state index contributed by atoms with van der Waals surface area (Å²) in [5.41, 5.74) is 0.713. The summed E-state index contributed by atoms with van der Waals surface area (Å²) < 4.78 is 15.8. The van der Waals surface area contributed by atoms with Gasteiger partial charge in [0.15, 0.2) is 5.76 Å². The maximum Gasteiger partial charge on any atom is 0.316 e. The van der Waals surface area contributed by atoms with Gasteiger partial charge >= 0.3 is 5.97 Å². The Morgan fingerprint density at radius 1 is 1.13 bits per heavy atom. The van der Waals surface area contributed by atoms with E-state index in [1.807, 2.05) is 44.2 Å². The average Bonchev–Trinajstić information content (AvgIpc) is 3.24. The molecule has 0 unspecified atom stereocenters. The molecule has 0 amide bonds. The number of ether oxygens (including phenoxy) is 1. The molecule has 0 radical (unpaired) electrons. The third kappa shape index (κ3) is 3.18. The Hall–Kier alpha value is -2.82. The van der Waals surface area contributed by atoms with Crippen LogP contribution in [0.5, 0.6) is 0 Å². The third-order valence-corrected chi connectivity index (χ3v) is 3.68. The van der Waals surface area contributed by atoms with Gasteiger partial charge in [-0.2, -0.15) is 0 Å². The van der Waals surface area contributed by atoms with E-state index < -0.39 is 5.41 Å². The molecule has 0 aliphatic carbocycles. The van der Waals surface area contributed by atoms with Crippen LogP contribution in [-0.4, -0.2) is 11.1 Å². The van der Waals surface area contributed by atoms with E-state index in [2.05, 4.69) is 5.16 Å². The van der Waals surface area contributed by atoms with Crippen LogP contribution in [-0.2, 0) is 21.6 Å². The predicted molar refractivity (Wildman–Crippen MR) is 83.5 cm³/mol. The van der Waals surface area contributed by atoms with Crippen molar-refractivity contribution >= 4 is 5.97 Å². The molecule has 5 nitrogen and oxygen atoms in total. The SMILES string of the molecule is CC(C)(C(=O)OCc1cc(-c2ccco2)on1)c1ccccc1. The first-order valence-electron chi connectivity index (χ1n) is 7.29. The minimum atomic E-state index is -0.727. The molecule has 0 aliphatic heterocycles. The molecule has 0 spiro atoms. The monoisotopic (exact) mass is 311 g/mol. The molecule has 3 rings (SSSR count). The van der Waals surface area contributed by atoms with Crippen molar-refractivity contribution in [1.29, 1.82) is 0 Å². The second kappa shape index (κ2) is 6.12. The zero-order valence-corrected chi connectivity index (χ0v) is 13.0. The summed E-state index contributed by atoms with van der Waals surface area (Å²) in [5.74, 6) is 0.773. The summed E-state index contributed by atoms with van der Waals surface area (Å²) in [4.78, 5) is 12.4. The van der Waals surface area contributed by atoms with Gasteiger partial charge in [-0.1, -0.05) is 35.5 Å². The van der Waals surface area contributed by atoms with Crippen molar-refractivity contribution in [2.45, 2.75) is 25.9 Å². The highest BCUT2D eigenvalue weighted by molar-refractivity contribution is 5.82. The number of nitrogens with zero attached hydrogens (tertiary/aromatic N) is 1. The Morgan fingerprint density at radius 2 is 1.91 bits per heavy atom. The van der Waals surface area contributed by atoms with Crippen molar-refractivity contribution in [3.05, 3.63) is 66.1 Å². The normalized spacial score (nSPS) is 11.4. The molecule has 0 atom stereocenters. The first-order chi connectivity index (χ1) is 11.1. The Balaban J connectivity index is 1.65. The fourth-order valence-corrected chi connectivity index (χ4v) is 2.21. The van der Waals surface area contributed by atoms with Gasteiger partial charge in [-0.05, 0) is 31.5 Å². The molecule has 0 bridgehead atoms. The number of furan rings is 1. The highest BCUT2D eigenvalue weighted by Crippen LogP contribution is 2.25. The van der Waals surface area contributed by atoms with Crippen LogP contribution >= 0.6 is 0 Å². The lowest BCUT2D eigenvalue weighted by atomic mass is 9.85. The molecule has 0 saturated carbocycles. The van der Waals surface area contributed by atoms with E-state index in [0.29, 0.717) is 17.2 Å². The topological polar surface area (TPSA) is 65.5 Å². The van der Waals surface area contributed by atoms with Gasteiger partial charge in [-0.15, -0.1) is 0 Å². The van der Waals surface area contributed by atoms with Crippen LogP contribution in [0.1, 0.15) is 25.1 Å². The number of hydrogen-bond donors (Lipinski definition) is 0. The van der Waals surface area contributed by atoms with Gasteiger partial charge in [0.05, 0.1) is 11.7 Å². The summed E-state index contributed by atoms with van der Waals surface area (Å²) >= 11 is 0. The van der Waals surface area contributed by atoms with E-state index in [-0.39, 0.29) is 12.6 Å². The fourth-order valence-electron chi connectivity index (χ4n) is 2.21. The van der Waals surface area contributed by atoms with E-state index in [0.717, 1.165) is 5.56 Å². The van der Waals surface area contributed by atoms with Crippen molar-refractivity contribution in [2.24, 2.45) is 0 Å². The van der Waals surface area contributed by atoms with Crippen LogP contribution in [0.2, 0.25) is 0 Å². The van der Waals surface area contributed by atoms with Crippen LogP contribution in [0.3, 0.4) is 0 Å². The van der Waals surface area contributed by atoms with Gasteiger partial charge in [0.25, 0.3) is 0 Å². The van der Waals surface area contributed by atoms with Gasteiger partial charge in [0, 0.05) is 6.07 Å². The zero-order valence-electron chi connectivity index (χ0n) is 13.0. The molecule has 0 saturated heterocycles. The Labute approximate surface area is 133 Å². The van der Waals surface area contributed by atoms with Gasteiger partial charge in [0.2, 0.25) is 5.76 Å². The minimum Gasteiger partial charge on any atom is -0.461 e. The number of carbonyl (C=O) groups is 1. The first-order valence-corrected chi connectivity index (χ1v) is 7.29. The van der Waals surface area contributed by atoms with E-state index in [4.69, 9.17) is 13.7 Å². The van der Waals surface area contributed by atoms with Gasteiger partial charge in [0.1, 0.15) is 12.3 Å². The number of benzene rings is 1. The van der Waals surface area contributed by atoms with E-state index in [1.165, 1.54) is 0 Å². The fraction of sp³-hybridized carbons (Fsp3) is 0.222. The second-order valence-corrected chi connectivity index (χ2v) is 5.73. The van der Waals surface area contributed by atoms with E-state index in [9.17, 15) is 4.79 Å². The number of esters is 1. The molecule has 23 heavy (non-hydrogen) atoms. The van der Waals surface area contributed by atoms with Crippen molar-refractivity contribution in [2.75, 3.05) is 0 Å². The summed E-state index contributed by atoms with van der Waals surface area (Å²) in [6, 6.07) is 14.8. The molecule has 2 heterocycles. The number of carbonyl (C=O) groups excluding carboxylic acids is 1. The molecule has 0 aliphatic rings. The van der Waals surface area contributed by atoms with Crippen molar-refractivity contribution in [3.8, 4) is 11.5 Å². The summed E-state index contributed by atoms with van der Waals surface area (Å²) in [5, 5.41) is 3.89. The Morgan fingerprint density at radius 3 is 2.61 bits per heavy atom. The summed E-state index contributed by atoms with van der Waals surface area (Å²) in [6.07, 6.45) is 1.56. The van der Waals surface area contributed by atoms with Crippen LogP contribution in [0.15, 0.2) is 63.7 Å². The lowest BCUT2D eigenvalue weighted by molar-refractivity contribution is -0.150. The van der Waals surface area contributed by atoms with Gasteiger partial charge < -0.3 is 13.7 Å². The van der Waals surface area contributed by atoms with Crippen LogP contribution < -0.4 is 0 Å². The third-order valence-electron chi connectivity index (χ3n) is 3.68. The number of aromatic nitrogens is 1. The highest BCUT2D eigenvalue weighted by atomic mass is 16.5. The molecule has 2 aromatic heterocycles. The summed E-state index contributed by atoms with van der Waals surface area (Å²) in [7, 11) is 0. The van der Waals surface area contributed by atoms with Crippen LogP contribution in [0.4, 0.5) is 0 Å². The Bertz CT molecular complexity index is 772. The molecule has 5 heteroatoms. The lowest BCUT2D eigenvalue weighted by Crippen LogP contribution is -2.30. The molecule has 3 aromatic rings. The number of hydrogen-bond acceptors (Lipinski definition) is 5. The van der Waals surface area contributed by atoms with Gasteiger partial charge in [-0.25, -0.2) is 0 Å². The number of rotatable bonds is 5. The quantitative estimate of drug-likeness (QED) is 0.667. The minimum absolute atomic E-state index is 0.0549. The summed E-state index contributed by atoms with van der Waals surface area (Å²) in [6.45, 7) is 3.72. The van der Waals surface area contributed by atoms with E-state index in [1.54, 1.807) is 24.5 Å². The highest BCUT2D eigenvalue weighted by Gasteiger charge is 2.31. The predicted octanol–water partition coefficient (Wildman–Crippen LogP) is 3.96. The van der Waals surface area contributed by atoms with Crippen molar-refractivity contribution in [3.63, 3.8) is 0 Å². The molecule has 118 valence electrons. The van der Waals surface area contributed by atoms with Crippen molar-refractivity contribution in [1.82, 2.24) is 5.16 Å². The maximum absolute atomic E-state index is 12.4. The standard InChI is InChI=1S/C18H17NO4/c1-18(2,13-7-4-3-5-8-13)17(20)22-12-14-11-16(23-19-14)15-9-6-10-21-15/h3-11H,12H2,1-2H3.